The van der Waals surface area contributed by atoms with Gasteiger partial charge in [-0.1, -0.05) is 101 Å². The molecule has 10 N–H and O–H groups in total. The van der Waals surface area contributed by atoms with Crippen LogP contribution in [-0.4, -0.2) is 72.8 Å². The fourth-order valence-corrected chi connectivity index (χ4v) is 16.3. The Bertz CT molecular complexity index is 3050. The zero-order chi connectivity index (χ0) is 53.8. The molecule has 1 aromatic heterocycles. The van der Waals surface area contributed by atoms with Gasteiger partial charge in [-0.2, -0.15) is 0 Å². The molecule has 9 atom stereocenters. The molecule has 0 amide bonds. The van der Waals surface area contributed by atoms with Crippen LogP contribution >= 0.6 is 21.6 Å². The Balaban J connectivity index is 0.977. The Labute approximate surface area is 461 Å². The summed E-state index contributed by atoms with van der Waals surface area (Å²) >= 11 is 0. The number of H-pyrrole nitrogens is 1. The maximum Gasteiger partial charge on any atom is 0.165 e. The first-order valence-corrected chi connectivity index (χ1v) is 30.3. The number of carbonyl (C=O) groups is 2. The van der Waals surface area contributed by atoms with Crippen LogP contribution in [0.4, 0.5) is 0 Å². The Morgan fingerprint density at radius 1 is 0.870 bits per heavy atom. The molecular formula is C64H75N3O8S2. The van der Waals surface area contributed by atoms with Crippen molar-refractivity contribution in [3.8, 4) is 29.1 Å². The van der Waals surface area contributed by atoms with E-state index in [0.29, 0.717) is 84.3 Å². The predicted octanol–water partition coefficient (Wildman–Crippen LogP) is 10.7. The SMILES string of the molecule is C[C@]1(O)CCC[C@H]2C[C@H](CO)c3ccccc3C[C@H]2[C@@H](CC[C@@]23/C=C/C(=O)CCc4ccc(O)c(c4)OCCc4ccc(O)c(c4)[C@H]4CC(=O)c5cc[nH]c5CC#Cc5cc(C(N)N)c(cc54)CSSC[C@H](C2)[C@@H](O)C3)C1. The van der Waals surface area contributed by atoms with Gasteiger partial charge in [-0.15, -0.1) is 0 Å². The molecule has 10 rings (SSSR count). The number of nitrogens with two attached hydrogens (primary N) is 2. The molecule has 77 heavy (non-hydrogen) atoms. The molecule has 5 aliphatic rings. The number of fused-ring (bicyclic) bond motifs is 11. The van der Waals surface area contributed by atoms with Crippen molar-refractivity contribution in [2.24, 2.45) is 40.6 Å². The van der Waals surface area contributed by atoms with Crippen LogP contribution in [0.5, 0.6) is 17.2 Å². The van der Waals surface area contributed by atoms with Crippen LogP contribution in [0, 0.1) is 40.9 Å². The number of nitrogens with one attached hydrogen (secondary N) is 1. The summed E-state index contributed by atoms with van der Waals surface area (Å²) in [6, 6.07) is 25.0. The van der Waals surface area contributed by atoms with Gasteiger partial charge in [0.05, 0.1) is 30.9 Å². The van der Waals surface area contributed by atoms with Crippen LogP contribution in [0.3, 0.4) is 0 Å². The number of hydrogen-bond donors (Lipinski definition) is 8. The normalized spacial score (nSPS) is 28.6. The van der Waals surface area contributed by atoms with Crippen molar-refractivity contribution in [2.45, 2.75) is 139 Å². The minimum absolute atomic E-state index is 0.0102. The number of hydrogen-bond acceptors (Lipinski definition) is 12. The molecule has 1 aliphatic heterocycles. The minimum Gasteiger partial charge on any atom is -0.508 e. The van der Waals surface area contributed by atoms with Crippen molar-refractivity contribution in [1.82, 2.24) is 4.98 Å². The number of rotatable bonds is 5. The van der Waals surface area contributed by atoms with Crippen LogP contribution in [0.2, 0.25) is 0 Å². The molecular weight excluding hydrogens is 1000 g/mol. The zero-order valence-corrected chi connectivity index (χ0v) is 45.9. The number of aromatic amines is 1. The van der Waals surface area contributed by atoms with E-state index in [9.17, 15) is 35.1 Å². The van der Waals surface area contributed by atoms with E-state index in [0.717, 1.165) is 78.5 Å². The highest BCUT2D eigenvalue weighted by Gasteiger charge is 2.46. The summed E-state index contributed by atoms with van der Waals surface area (Å²) in [5.74, 6) is 8.50. The minimum atomic E-state index is -0.814. The van der Waals surface area contributed by atoms with E-state index in [1.54, 1.807) is 58.1 Å². The number of ether oxygens (including phenoxy) is 1. The number of aromatic nitrogens is 1. The van der Waals surface area contributed by atoms with Gasteiger partial charge in [-0.25, -0.2) is 0 Å². The third-order valence-corrected chi connectivity index (χ3v) is 20.3. The van der Waals surface area contributed by atoms with Gasteiger partial charge in [-0.3, -0.25) is 9.59 Å². The number of aryl methyl sites for hydroxylation is 1. The van der Waals surface area contributed by atoms with Gasteiger partial charge in [0.1, 0.15) is 5.75 Å². The van der Waals surface area contributed by atoms with E-state index in [2.05, 4.69) is 53.2 Å². The van der Waals surface area contributed by atoms with Crippen molar-refractivity contribution in [2.75, 3.05) is 19.0 Å². The summed E-state index contributed by atoms with van der Waals surface area (Å²) < 4.78 is 6.21. The number of phenolic OH excluding ortho intramolecular Hbond substituents is 2. The monoisotopic (exact) mass is 1080 g/mol. The largest absolute Gasteiger partial charge is 0.508 e. The smallest absolute Gasteiger partial charge is 0.165 e. The number of aromatic hydroxyl groups is 2. The van der Waals surface area contributed by atoms with Crippen LogP contribution in [0.1, 0.15) is 162 Å². The highest BCUT2D eigenvalue weighted by molar-refractivity contribution is 8.76. The van der Waals surface area contributed by atoms with E-state index in [1.807, 2.05) is 31.2 Å². The van der Waals surface area contributed by atoms with Crippen molar-refractivity contribution in [3.63, 3.8) is 0 Å². The Morgan fingerprint density at radius 3 is 2.52 bits per heavy atom. The predicted molar refractivity (Wildman–Crippen MR) is 306 cm³/mol. The lowest BCUT2D eigenvalue weighted by atomic mass is 9.65. The van der Waals surface area contributed by atoms with Gasteiger partial charge in [-0.05, 0) is 169 Å². The second-order valence-electron chi connectivity index (χ2n) is 23.3. The molecule has 4 aromatic carbocycles. The Kier molecular flexibility index (Phi) is 17.1. The zero-order valence-electron chi connectivity index (χ0n) is 44.2. The summed E-state index contributed by atoms with van der Waals surface area (Å²) in [6.45, 7) is 2.32. The van der Waals surface area contributed by atoms with Crippen molar-refractivity contribution >= 4 is 33.2 Å². The summed E-state index contributed by atoms with van der Waals surface area (Å²) in [4.78, 5) is 31.5. The third-order valence-electron chi connectivity index (χ3n) is 17.9. The first-order valence-electron chi connectivity index (χ1n) is 27.8. The first-order chi connectivity index (χ1) is 37.1. The van der Waals surface area contributed by atoms with E-state index >= 15 is 0 Å². The third kappa shape index (κ3) is 12.8. The van der Waals surface area contributed by atoms with Gasteiger partial charge in [0.15, 0.2) is 23.1 Å². The molecule has 0 saturated heterocycles. The molecule has 4 aliphatic carbocycles. The van der Waals surface area contributed by atoms with Gasteiger partial charge < -0.3 is 46.7 Å². The number of phenols is 2. The number of aliphatic hydroxyl groups excluding tert-OH is 2. The summed E-state index contributed by atoms with van der Waals surface area (Å²) in [6.07, 6.45) is 13.8. The van der Waals surface area contributed by atoms with E-state index in [1.165, 1.54) is 11.1 Å². The number of Topliss-reactive ketones (excluding diaryl/α,β-unsaturated/α-hetero) is 1. The van der Waals surface area contributed by atoms with Gasteiger partial charge in [0.25, 0.3) is 0 Å². The molecule has 406 valence electrons. The Morgan fingerprint density at radius 2 is 1.69 bits per heavy atom. The fourth-order valence-electron chi connectivity index (χ4n) is 13.8. The lowest BCUT2D eigenvalue weighted by molar-refractivity contribution is -0.114. The molecule has 2 fully saturated rings. The van der Waals surface area contributed by atoms with Crippen LogP contribution in [-0.2, 0) is 36.2 Å². The average Bonchev–Trinajstić information content (AvgIpc) is 3.97. The van der Waals surface area contributed by atoms with E-state index < -0.39 is 29.2 Å². The molecule has 2 heterocycles. The van der Waals surface area contributed by atoms with Crippen molar-refractivity contribution in [3.05, 3.63) is 159 Å². The second-order valence-corrected chi connectivity index (χ2v) is 25.8. The van der Waals surface area contributed by atoms with E-state index in [-0.39, 0.29) is 66.9 Å². The molecule has 2 saturated carbocycles. The lowest BCUT2D eigenvalue weighted by Crippen LogP contribution is -2.37. The maximum absolute atomic E-state index is 14.3. The van der Waals surface area contributed by atoms with Gasteiger partial charge in [0.2, 0.25) is 0 Å². The van der Waals surface area contributed by atoms with Crippen molar-refractivity contribution in [1.29, 1.82) is 0 Å². The summed E-state index contributed by atoms with van der Waals surface area (Å²) in [7, 11) is 3.36. The fraction of sp³-hybridized carbons (Fsp3) is 0.469. The molecule has 13 heteroatoms. The quantitative estimate of drug-likeness (QED) is 0.0469. The highest BCUT2D eigenvalue weighted by Crippen LogP contribution is 2.53. The molecule has 8 bridgehead atoms. The number of ketones is 2. The van der Waals surface area contributed by atoms with Gasteiger partial charge >= 0.3 is 0 Å². The topological polar surface area (TPSA) is 212 Å². The van der Waals surface area contributed by atoms with Crippen LogP contribution in [0.25, 0.3) is 0 Å². The van der Waals surface area contributed by atoms with Crippen LogP contribution in [0.15, 0.2) is 97.2 Å². The summed E-state index contributed by atoms with van der Waals surface area (Å²) in [5, 5.41) is 57.3. The van der Waals surface area contributed by atoms with Crippen molar-refractivity contribution < 1.29 is 39.9 Å². The molecule has 0 unspecified atom stereocenters. The van der Waals surface area contributed by atoms with E-state index in [4.69, 9.17) is 16.2 Å². The number of carbonyl (C=O) groups excluding carboxylic acids is 2. The highest BCUT2D eigenvalue weighted by atomic mass is 33.1. The standard InChI is InChI=1S/C64H75N3O8S2/c1-63(74)21-5-8-41-28-45(36-68)49-9-3-2-6-42(49)29-51(41)44(33-63)17-22-64-23-18-48(69)14-11-39-13-16-58(71)61(27-39)75-25-20-40-12-15-57(70)55(26-40)54-32-59(72)50-19-24-67-56(50)10-4-7-43-30-53(62(65)66)46(31-52(43)54)37-76-77-38-47(34-64)60(73)35-64/h2-3,6,9,12-13,15-16,18-19,23-24,26-27,30-31,41,44-45,47,51,54,60,62,67-68,70-71,73-74H,5,8,10-11,14,17,20-22,25,28-29,32-38,65-66H2,1H3/b23-18+/t41-,44-,45+,47-,51+,54-,60-,63-,64+/m0/s1. The molecule has 0 spiro atoms. The average molecular weight is 1080 g/mol. The lowest BCUT2D eigenvalue weighted by Gasteiger charge is -2.41. The maximum atomic E-state index is 14.3. The number of benzene rings is 4. The summed E-state index contributed by atoms with van der Waals surface area (Å²) in [5.41, 5.74) is 21.1. The molecule has 0 radical (unpaired) electrons. The second kappa shape index (κ2) is 24.0. The number of allylic oxidation sites excluding steroid dienone is 2. The van der Waals surface area contributed by atoms with Crippen LogP contribution < -0.4 is 16.2 Å². The molecule has 11 nitrogen and oxygen atoms in total. The Hall–Kier alpha value is -5.30. The first kappa shape index (κ1) is 55.0. The molecule has 5 aromatic rings. The number of aliphatic hydroxyl groups is 3. The van der Waals surface area contributed by atoms with Gasteiger partial charge in [0, 0.05) is 77.8 Å².